The van der Waals surface area contributed by atoms with Gasteiger partial charge in [0.05, 0.1) is 10.9 Å². The van der Waals surface area contributed by atoms with Gasteiger partial charge in [0, 0.05) is 14.0 Å². The molecule has 0 N–H and O–H groups in total. The summed E-state index contributed by atoms with van der Waals surface area (Å²) in [5.41, 5.74) is 2.30. The highest BCUT2D eigenvalue weighted by Gasteiger charge is 2.19. The molecule has 3 aromatic rings. The van der Waals surface area contributed by atoms with E-state index in [9.17, 15) is 9.59 Å². The number of halogens is 1. The molecule has 0 aliphatic rings. The number of fused-ring (bicyclic) bond motifs is 3. The maximum atomic E-state index is 12.5. The molecular formula is C14H12IN3O2. The van der Waals surface area contributed by atoms with Crippen LogP contribution < -0.4 is 5.56 Å². The van der Waals surface area contributed by atoms with Crippen molar-refractivity contribution in [3.05, 3.63) is 43.6 Å². The lowest BCUT2D eigenvalue weighted by molar-refractivity contribution is 0.100. The molecule has 0 fully saturated rings. The van der Waals surface area contributed by atoms with Gasteiger partial charge in [-0.15, -0.1) is 0 Å². The van der Waals surface area contributed by atoms with Crippen molar-refractivity contribution in [2.24, 2.45) is 7.05 Å². The second kappa shape index (κ2) is 4.41. The predicted octanol–water partition coefficient (Wildman–Crippen LogP) is 2.30. The summed E-state index contributed by atoms with van der Waals surface area (Å²) in [6.07, 6.45) is 0. The Balaban J connectivity index is 2.71. The highest BCUT2D eigenvalue weighted by atomic mass is 127. The average molecular weight is 381 g/mol. The maximum Gasteiger partial charge on any atom is 0.261 e. The summed E-state index contributed by atoms with van der Waals surface area (Å²) < 4.78 is 3.96. The van der Waals surface area contributed by atoms with E-state index in [4.69, 9.17) is 0 Å². The van der Waals surface area contributed by atoms with E-state index in [1.165, 1.54) is 6.92 Å². The van der Waals surface area contributed by atoms with Gasteiger partial charge in [-0.3, -0.25) is 18.6 Å². The SMILES string of the molecule is CC(=O)c1nc(I)c2n(C)c(=O)c3cc(C)ccc3n12. The summed E-state index contributed by atoms with van der Waals surface area (Å²) in [7, 11) is 1.70. The van der Waals surface area contributed by atoms with Gasteiger partial charge < -0.3 is 0 Å². The molecule has 2 heterocycles. The largest absolute Gasteiger partial charge is 0.295 e. The topological polar surface area (TPSA) is 56.4 Å². The highest BCUT2D eigenvalue weighted by molar-refractivity contribution is 14.1. The first kappa shape index (κ1) is 13.3. The number of aryl methyl sites for hydroxylation is 2. The quantitative estimate of drug-likeness (QED) is 0.480. The third kappa shape index (κ3) is 1.71. The Kier molecular flexibility index (Phi) is 2.93. The molecule has 0 atom stereocenters. The Bertz CT molecular complexity index is 937. The fourth-order valence-corrected chi connectivity index (χ4v) is 3.26. The second-order valence-corrected chi connectivity index (χ2v) is 5.85. The smallest absolute Gasteiger partial charge is 0.261 e. The normalized spacial score (nSPS) is 11.4. The van der Waals surface area contributed by atoms with Crippen LogP contribution in [0.25, 0.3) is 16.6 Å². The van der Waals surface area contributed by atoms with Gasteiger partial charge in [-0.05, 0) is 41.6 Å². The number of imidazole rings is 1. The Morgan fingerprint density at radius 1 is 1.35 bits per heavy atom. The number of aromatic nitrogens is 3. The molecule has 0 aliphatic heterocycles. The minimum Gasteiger partial charge on any atom is -0.295 e. The fraction of sp³-hybridized carbons (Fsp3) is 0.214. The molecule has 0 bridgehead atoms. The molecule has 1 aromatic carbocycles. The van der Waals surface area contributed by atoms with E-state index in [2.05, 4.69) is 27.6 Å². The monoisotopic (exact) mass is 381 g/mol. The van der Waals surface area contributed by atoms with E-state index in [0.29, 0.717) is 26.1 Å². The number of carbonyl (C=O) groups excluding carboxylic acids is 1. The third-order valence-corrected chi connectivity index (χ3v) is 4.10. The Morgan fingerprint density at radius 3 is 2.70 bits per heavy atom. The van der Waals surface area contributed by atoms with Crippen LogP contribution in [0.15, 0.2) is 23.0 Å². The molecule has 3 rings (SSSR count). The zero-order valence-electron chi connectivity index (χ0n) is 11.3. The van der Waals surface area contributed by atoms with Crippen LogP contribution in [0.2, 0.25) is 0 Å². The maximum absolute atomic E-state index is 12.5. The standard InChI is InChI=1S/C14H12IN3O2/c1-7-4-5-10-9(6-7)14(20)17(3)13-11(15)16-12(8(2)19)18(10)13/h4-6H,1-3H3. The van der Waals surface area contributed by atoms with Crippen molar-refractivity contribution < 1.29 is 4.79 Å². The molecule has 0 spiro atoms. The number of ketones is 1. The summed E-state index contributed by atoms with van der Waals surface area (Å²) >= 11 is 2.05. The molecule has 5 nitrogen and oxygen atoms in total. The molecule has 0 aliphatic carbocycles. The van der Waals surface area contributed by atoms with Gasteiger partial charge >= 0.3 is 0 Å². The van der Waals surface area contributed by atoms with Gasteiger partial charge in [0.25, 0.3) is 5.56 Å². The van der Waals surface area contributed by atoms with E-state index in [1.807, 2.05) is 25.1 Å². The van der Waals surface area contributed by atoms with Gasteiger partial charge in [0.15, 0.2) is 17.3 Å². The Hall–Kier alpha value is -1.70. The van der Waals surface area contributed by atoms with Gasteiger partial charge in [0.2, 0.25) is 0 Å². The summed E-state index contributed by atoms with van der Waals surface area (Å²) in [4.78, 5) is 28.6. The number of rotatable bonds is 1. The van der Waals surface area contributed by atoms with Crippen molar-refractivity contribution in [2.45, 2.75) is 13.8 Å². The lowest BCUT2D eigenvalue weighted by Crippen LogP contribution is -2.21. The minimum atomic E-state index is -0.122. The van der Waals surface area contributed by atoms with Gasteiger partial charge in [-0.1, -0.05) is 11.6 Å². The number of hydrogen-bond donors (Lipinski definition) is 0. The molecule has 20 heavy (non-hydrogen) atoms. The predicted molar refractivity (Wildman–Crippen MR) is 85.4 cm³/mol. The first-order valence-electron chi connectivity index (χ1n) is 6.10. The summed E-state index contributed by atoms with van der Waals surface area (Å²) in [5.74, 6) is 0.234. The van der Waals surface area contributed by atoms with Crippen LogP contribution in [0, 0.1) is 10.6 Å². The molecule has 0 saturated heterocycles. The lowest BCUT2D eigenvalue weighted by atomic mass is 10.1. The minimum absolute atomic E-state index is 0.0795. The molecule has 102 valence electrons. The molecule has 2 aromatic heterocycles. The number of nitrogens with zero attached hydrogens (tertiary/aromatic N) is 3. The molecule has 0 radical (unpaired) electrons. The third-order valence-electron chi connectivity index (χ3n) is 3.37. The number of hydrogen-bond acceptors (Lipinski definition) is 3. The van der Waals surface area contributed by atoms with Crippen LogP contribution in [-0.4, -0.2) is 19.7 Å². The van der Waals surface area contributed by atoms with Crippen molar-refractivity contribution >= 4 is 44.9 Å². The van der Waals surface area contributed by atoms with Crippen molar-refractivity contribution in [1.29, 1.82) is 0 Å². The molecule has 0 saturated carbocycles. The second-order valence-electron chi connectivity index (χ2n) is 4.83. The van der Waals surface area contributed by atoms with E-state index in [0.717, 1.165) is 5.56 Å². The van der Waals surface area contributed by atoms with Crippen LogP contribution in [0.1, 0.15) is 23.1 Å². The summed E-state index contributed by atoms with van der Waals surface area (Å²) in [5, 5.41) is 0.594. The summed E-state index contributed by atoms with van der Waals surface area (Å²) in [6.45, 7) is 3.42. The van der Waals surface area contributed by atoms with Crippen LogP contribution in [0.3, 0.4) is 0 Å². The van der Waals surface area contributed by atoms with Gasteiger partial charge in [-0.2, -0.15) is 0 Å². The molecular weight excluding hydrogens is 369 g/mol. The lowest BCUT2D eigenvalue weighted by Gasteiger charge is -2.09. The summed E-state index contributed by atoms with van der Waals surface area (Å²) in [6, 6.07) is 5.63. The van der Waals surface area contributed by atoms with E-state index < -0.39 is 0 Å². The van der Waals surface area contributed by atoms with Crippen LogP contribution in [0.4, 0.5) is 0 Å². The highest BCUT2D eigenvalue weighted by Crippen LogP contribution is 2.21. The van der Waals surface area contributed by atoms with Crippen molar-refractivity contribution in [2.75, 3.05) is 0 Å². The van der Waals surface area contributed by atoms with Crippen molar-refractivity contribution in [3.63, 3.8) is 0 Å². The number of carbonyl (C=O) groups is 1. The Morgan fingerprint density at radius 2 is 2.05 bits per heavy atom. The van der Waals surface area contributed by atoms with Crippen LogP contribution >= 0.6 is 22.6 Å². The average Bonchev–Trinajstić information content (AvgIpc) is 2.74. The number of benzene rings is 1. The van der Waals surface area contributed by atoms with Crippen LogP contribution in [-0.2, 0) is 7.05 Å². The molecule has 6 heteroatoms. The zero-order chi connectivity index (χ0) is 14.6. The van der Waals surface area contributed by atoms with Crippen molar-refractivity contribution in [3.8, 4) is 0 Å². The first-order valence-corrected chi connectivity index (χ1v) is 7.18. The Labute approximate surface area is 128 Å². The van der Waals surface area contributed by atoms with Crippen LogP contribution in [0.5, 0.6) is 0 Å². The van der Waals surface area contributed by atoms with Gasteiger partial charge in [0.1, 0.15) is 3.70 Å². The van der Waals surface area contributed by atoms with E-state index in [-0.39, 0.29) is 11.3 Å². The fourth-order valence-electron chi connectivity index (χ4n) is 2.43. The molecule has 0 unspecified atom stereocenters. The number of Topliss-reactive ketones (excluding diaryl/α,β-unsaturated/α-hetero) is 1. The van der Waals surface area contributed by atoms with Crippen molar-refractivity contribution in [1.82, 2.24) is 14.0 Å². The first-order chi connectivity index (χ1) is 9.41. The van der Waals surface area contributed by atoms with E-state index >= 15 is 0 Å². The zero-order valence-corrected chi connectivity index (χ0v) is 13.4. The molecule has 0 amide bonds. The van der Waals surface area contributed by atoms with Gasteiger partial charge in [-0.25, -0.2) is 4.98 Å². The van der Waals surface area contributed by atoms with E-state index in [1.54, 1.807) is 16.0 Å².